The van der Waals surface area contributed by atoms with Gasteiger partial charge in [0, 0.05) is 49.4 Å². The average Bonchev–Trinajstić information content (AvgIpc) is 3.77. The highest BCUT2D eigenvalue weighted by atomic mass is 35.5. The molecule has 2 aromatic carbocycles. The summed E-state index contributed by atoms with van der Waals surface area (Å²) in [6.07, 6.45) is 3.90. The van der Waals surface area contributed by atoms with E-state index in [-0.39, 0.29) is 46.9 Å². The highest BCUT2D eigenvalue weighted by Gasteiger charge is 2.32. The molecule has 2 aromatic heterocycles. The van der Waals surface area contributed by atoms with Crippen LogP contribution in [0.4, 0.5) is 5.82 Å². The standard InChI is InChI=1S/C38H40Cl2N6O7/c1-38(20-47,37(50)51)43-17-21-9-13-31(42-16-21)45-34(49)28-8-4-7-27(33(28)40)24-5-3-6-26-25(24)11-12-30(26)53-36-29(39)15-22(35(46-36)52-2)18-41-19-23-10-14-32(48)44-23/h3-9,13,15-16,23,30,41,43,47H,10-12,14,17-20H2,1-2H3,(H,44,48)(H,50,51)(H,42,45,49)/t23-,30-,38?/m0/s1. The van der Waals surface area contributed by atoms with Gasteiger partial charge in [0.2, 0.25) is 17.7 Å². The number of amides is 2. The Kier molecular flexibility index (Phi) is 11.8. The number of methoxy groups -OCH3 is 1. The quantitative estimate of drug-likeness (QED) is 0.0951. The van der Waals surface area contributed by atoms with Gasteiger partial charge in [-0.15, -0.1) is 0 Å². The minimum atomic E-state index is -1.50. The lowest BCUT2D eigenvalue weighted by Gasteiger charge is -2.23. The van der Waals surface area contributed by atoms with E-state index in [4.69, 9.17) is 32.7 Å². The van der Waals surface area contributed by atoms with Crippen LogP contribution in [0.3, 0.4) is 0 Å². The third-order valence-electron chi connectivity index (χ3n) is 9.51. The van der Waals surface area contributed by atoms with Crippen LogP contribution in [0.25, 0.3) is 11.1 Å². The zero-order chi connectivity index (χ0) is 37.7. The predicted octanol–water partition coefficient (Wildman–Crippen LogP) is 5.07. The molecule has 1 unspecified atom stereocenters. The molecule has 0 saturated carbocycles. The molecule has 0 spiro atoms. The number of anilines is 1. The van der Waals surface area contributed by atoms with Crippen molar-refractivity contribution >= 4 is 46.8 Å². The molecule has 13 nitrogen and oxygen atoms in total. The van der Waals surface area contributed by atoms with Crippen LogP contribution in [0, 0.1) is 0 Å². The molecule has 3 atom stereocenters. The summed E-state index contributed by atoms with van der Waals surface area (Å²) < 4.78 is 12.0. The van der Waals surface area contributed by atoms with Crippen LogP contribution in [-0.2, 0) is 29.1 Å². The molecule has 6 N–H and O–H groups in total. The van der Waals surface area contributed by atoms with Gasteiger partial charge in [-0.3, -0.25) is 19.7 Å². The largest absolute Gasteiger partial charge is 0.481 e. The van der Waals surface area contributed by atoms with Gasteiger partial charge in [-0.05, 0) is 66.6 Å². The fraction of sp³-hybridized carbons (Fsp3) is 0.342. The number of aliphatic hydroxyl groups excluding tert-OH is 1. The Morgan fingerprint density at radius 1 is 1.04 bits per heavy atom. The Morgan fingerprint density at radius 2 is 1.83 bits per heavy atom. The number of nitrogens with zero attached hydrogens (tertiary/aromatic N) is 2. The highest BCUT2D eigenvalue weighted by Crippen LogP contribution is 2.43. The number of nitrogens with one attached hydrogen (secondary N) is 4. The van der Waals surface area contributed by atoms with Crippen LogP contribution in [0.1, 0.15) is 64.9 Å². The number of aliphatic carboxylic acids is 1. The number of carboxylic acid groups (broad SMARTS) is 1. The maximum absolute atomic E-state index is 13.4. The molecule has 0 bridgehead atoms. The first-order valence-electron chi connectivity index (χ1n) is 17.2. The maximum atomic E-state index is 13.4. The fourth-order valence-electron chi connectivity index (χ4n) is 6.42. The van der Waals surface area contributed by atoms with E-state index in [1.165, 1.54) is 13.1 Å². The molecule has 1 aliphatic carbocycles. The van der Waals surface area contributed by atoms with Gasteiger partial charge in [-0.2, -0.15) is 4.98 Å². The summed E-state index contributed by atoms with van der Waals surface area (Å²) in [5, 5.41) is 31.3. The Hall–Kier alpha value is -4.79. The number of benzene rings is 2. The van der Waals surface area contributed by atoms with Crippen molar-refractivity contribution < 1.29 is 34.1 Å². The van der Waals surface area contributed by atoms with E-state index in [1.807, 2.05) is 24.3 Å². The number of carbonyl (C=O) groups excluding carboxylic acids is 2. The molecule has 15 heteroatoms. The number of aromatic nitrogens is 2. The van der Waals surface area contributed by atoms with Crippen LogP contribution in [0.5, 0.6) is 11.8 Å². The molecule has 4 aromatic rings. The molecule has 6 rings (SSSR count). The SMILES string of the molecule is COc1nc(O[C@H]2CCc3c(-c4cccc(C(=O)Nc5ccc(CNC(C)(CO)C(=O)O)cn5)c4Cl)cccc32)c(Cl)cc1CNC[C@@H]1CCC(=O)N1. The van der Waals surface area contributed by atoms with Crippen molar-refractivity contribution in [1.29, 1.82) is 0 Å². The minimum Gasteiger partial charge on any atom is -0.481 e. The third-order valence-corrected chi connectivity index (χ3v) is 10.2. The molecule has 53 heavy (non-hydrogen) atoms. The smallest absolute Gasteiger partial charge is 0.326 e. The van der Waals surface area contributed by atoms with Crippen molar-refractivity contribution in [1.82, 2.24) is 25.9 Å². The van der Waals surface area contributed by atoms with E-state index in [2.05, 4.69) is 31.2 Å². The van der Waals surface area contributed by atoms with Crippen molar-refractivity contribution in [2.75, 3.05) is 25.6 Å². The number of rotatable bonds is 15. The summed E-state index contributed by atoms with van der Waals surface area (Å²) in [6, 6.07) is 16.4. The molecule has 2 amide bonds. The highest BCUT2D eigenvalue weighted by molar-refractivity contribution is 6.37. The normalized spacial score (nSPS) is 17.5. The van der Waals surface area contributed by atoms with Gasteiger partial charge in [0.25, 0.3) is 5.91 Å². The number of hydrogen-bond acceptors (Lipinski definition) is 10. The Morgan fingerprint density at radius 3 is 2.53 bits per heavy atom. The summed E-state index contributed by atoms with van der Waals surface area (Å²) in [5.41, 5.74) is 3.81. The molecular weight excluding hydrogens is 723 g/mol. The number of carboxylic acids is 1. The van der Waals surface area contributed by atoms with E-state index < -0.39 is 24.0 Å². The van der Waals surface area contributed by atoms with E-state index in [0.29, 0.717) is 54.4 Å². The van der Waals surface area contributed by atoms with Crippen molar-refractivity contribution in [3.05, 3.63) is 98.7 Å². The van der Waals surface area contributed by atoms with Crippen LogP contribution < -0.4 is 30.7 Å². The lowest BCUT2D eigenvalue weighted by molar-refractivity contribution is -0.146. The van der Waals surface area contributed by atoms with Gasteiger partial charge in [0.05, 0.1) is 24.3 Å². The van der Waals surface area contributed by atoms with Crippen molar-refractivity contribution in [3.8, 4) is 22.9 Å². The van der Waals surface area contributed by atoms with Crippen molar-refractivity contribution in [2.24, 2.45) is 0 Å². The van der Waals surface area contributed by atoms with Crippen molar-refractivity contribution in [2.45, 2.75) is 63.4 Å². The maximum Gasteiger partial charge on any atom is 0.326 e. The summed E-state index contributed by atoms with van der Waals surface area (Å²) in [4.78, 5) is 45.2. The summed E-state index contributed by atoms with van der Waals surface area (Å²) in [5.74, 6) is -0.605. The molecule has 1 fully saturated rings. The Bertz CT molecular complexity index is 2010. The summed E-state index contributed by atoms with van der Waals surface area (Å²) in [7, 11) is 1.54. The number of ether oxygens (including phenoxy) is 2. The second-order valence-electron chi connectivity index (χ2n) is 13.2. The number of pyridine rings is 2. The van der Waals surface area contributed by atoms with Crippen LogP contribution in [0.2, 0.25) is 10.0 Å². The number of hydrogen-bond donors (Lipinski definition) is 6. The second-order valence-corrected chi connectivity index (χ2v) is 14.0. The predicted molar refractivity (Wildman–Crippen MR) is 199 cm³/mol. The summed E-state index contributed by atoms with van der Waals surface area (Å²) >= 11 is 13.6. The first kappa shape index (κ1) is 38.0. The molecular formula is C38H40Cl2N6O7. The van der Waals surface area contributed by atoms with Gasteiger partial charge >= 0.3 is 5.97 Å². The van der Waals surface area contributed by atoms with E-state index >= 15 is 0 Å². The van der Waals surface area contributed by atoms with Gasteiger partial charge in [-0.25, -0.2) is 4.98 Å². The molecule has 1 saturated heterocycles. The van der Waals surface area contributed by atoms with Crippen LogP contribution in [0.15, 0.2) is 60.8 Å². The fourth-order valence-corrected chi connectivity index (χ4v) is 6.95. The van der Waals surface area contributed by atoms with Gasteiger partial charge in [-0.1, -0.05) is 59.6 Å². The number of halogens is 2. The topological polar surface area (TPSA) is 184 Å². The molecule has 0 radical (unpaired) electrons. The summed E-state index contributed by atoms with van der Waals surface area (Å²) in [6.45, 7) is 2.04. The van der Waals surface area contributed by atoms with Crippen molar-refractivity contribution in [3.63, 3.8) is 0 Å². The molecule has 3 heterocycles. The Balaban J connectivity index is 1.13. The third kappa shape index (κ3) is 8.55. The number of carbonyl (C=O) groups is 3. The zero-order valence-electron chi connectivity index (χ0n) is 29.2. The Labute approximate surface area is 316 Å². The van der Waals surface area contributed by atoms with Gasteiger partial charge in [0.15, 0.2) is 0 Å². The lowest BCUT2D eigenvalue weighted by Crippen LogP contribution is -2.52. The molecule has 2 aliphatic rings. The first-order valence-corrected chi connectivity index (χ1v) is 17.9. The second kappa shape index (κ2) is 16.5. The van der Waals surface area contributed by atoms with E-state index in [9.17, 15) is 24.6 Å². The minimum absolute atomic E-state index is 0.0683. The van der Waals surface area contributed by atoms with Gasteiger partial charge < -0.3 is 35.6 Å². The molecule has 1 aliphatic heterocycles. The number of fused-ring (bicyclic) bond motifs is 1. The van der Waals surface area contributed by atoms with Crippen LogP contribution in [-0.4, -0.2) is 69.8 Å². The van der Waals surface area contributed by atoms with Gasteiger partial charge in [0.1, 0.15) is 22.5 Å². The van der Waals surface area contributed by atoms with E-state index in [1.54, 1.807) is 37.4 Å². The average molecular weight is 764 g/mol. The van der Waals surface area contributed by atoms with E-state index in [0.717, 1.165) is 28.7 Å². The monoisotopic (exact) mass is 762 g/mol. The first-order chi connectivity index (χ1) is 25.5. The zero-order valence-corrected chi connectivity index (χ0v) is 30.7. The number of aliphatic hydroxyl groups is 1. The van der Waals surface area contributed by atoms with Crippen LogP contribution >= 0.6 is 23.2 Å². The molecule has 278 valence electrons. The lowest BCUT2D eigenvalue weighted by atomic mass is 9.95.